The standard InChI is InChI=1S/C13H12BrFN2/c1-9-12(15)3-2-4-13(9)17-8-11-6-5-10(14)7-16-11/h2-7,17H,8H2,1H3. The van der Waals surface area contributed by atoms with E-state index in [2.05, 4.69) is 26.2 Å². The Labute approximate surface area is 108 Å². The Hall–Kier alpha value is -1.42. The summed E-state index contributed by atoms with van der Waals surface area (Å²) in [4.78, 5) is 4.24. The van der Waals surface area contributed by atoms with Gasteiger partial charge < -0.3 is 5.32 Å². The molecular weight excluding hydrogens is 283 g/mol. The van der Waals surface area contributed by atoms with E-state index >= 15 is 0 Å². The Balaban J connectivity index is 2.07. The van der Waals surface area contributed by atoms with Crippen LogP contribution >= 0.6 is 15.9 Å². The summed E-state index contributed by atoms with van der Waals surface area (Å²) in [7, 11) is 0. The molecule has 1 aromatic heterocycles. The van der Waals surface area contributed by atoms with Gasteiger partial charge in [-0.05, 0) is 47.1 Å². The highest BCUT2D eigenvalue weighted by Crippen LogP contribution is 2.18. The molecule has 0 atom stereocenters. The second-order valence-electron chi connectivity index (χ2n) is 3.73. The van der Waals surface area contributed by atoms with Gasteiger partial charge in [0.15, 0.2) is 0 Å². The number of pyridine rings is 1. The molecule has 0 aliphatic rings. The highest BCUT2D eigenvalue weighted by molar-refractivity contribution is 9.10. The summed E-state index contributed by atoms with van der Waals surface area (Å²) in [6.07, 6.45) is 1.75. The molecule has 0 saturated carbocycles. The lowest BCUT2D eigenvalue weighted by Gasteiger charge is -2.09. The van der Waals surface area contributed by atoms with Crippen molar-refractivity contribution in [1.29, 1.82) is 0 Å². The minimum Gasteiger partial charge on any atom is -0.379 e. The third-order valence-corrected chi connectivity index (χ3v) is 2.99. The number of hydrogen-bond acceptors (Lipinski definition) is 2. The van der Waals surface area contributed by atoms with Crippen molar-refractivity contribution in [1.82, 2.24) is 4.98 Å². The summed E-state index contributed by atoms with van der Waals surface area (Å²) in [6, 6.07) is 8.86. The number of aromatic nitrogens is 1. The van der Waals surface area contributed by atoms with Gasteiger partial charge in [-0.15, -0.1) is 0 Å². The lowest BCUT2D eigenvalue weighted by molar-refractivity contribution is 0.619. The van der Waals surface area contributed by atoms with Crippen LogP contribution < -0.4 is 5.32 Å². The molecule has 1 aromatic carbocycles. The number of benzene rings is 1. The molecule has 4 heteroatoms. The molecule has 0 aliphatic heterocycles. The maximum atomic E-state index is 13.3. The van der Waals surface area contributed by atoms with E-state index in [1.807, 2.05) is 18.2 Å². The van der Waals surface area contributed by atoms with Crippen LogP contribution in [0.3, 0.4) is 0 Å². The highest BCUT2D eigenvalue weighted by Gasteiger charge is 2.02. The molecule has 0 unspecified atom stereocenters. The molecule has 1 N–H and O–H groups in total. The third-order valence-electron chi connectivity index (χ3n) is 2.52. The van der Waals surface area contributed by atoms with Crippen molar-refractivity contribution in [3.8, 4) is 0 Å². The first-order chi connectivity index (χ1) is 8.16. The van der Waals surface area contributed by atoms with Crippen molar-refractivity contribution in [3.63, 3.8) is 0 Å². The second kappa shape index (κ2) is 5.27. The molecule has 0 amide bonds. The number of anilines is 1. The van der Waals surface area contributed by atoms with Crippen molar-refractivity contribution in [2.24, 2.45) is 0 Å². The molecule has 2 nitrogen and oxygen atoms in total. The van der Waals surface area contributed by atoms with Crippen molar-refractivity contribution in [2.75, 3.05) is 5.32 Å². The molecule has 88 valence electrons. The fraction of sp³-hybridized carbons (Fsp3) is 0.154. The van der Waals surface area contributed by atoms with Gasteiger partial charge >= 0.3 is 0 Å². The molecule has 2 aromatic rings. The van der Waals surface area contributed by atoms with Gasteiger partial charge in [0.25, 0.3) is 0 Å². The largest absolute Gasteiger partial charge is 0.379 e. The minimum absolute atomic E-state index is 0.196. The number of rotatable bonds is 3. The van der Waals surface area contributed by atoms with Gasteiger partial charge in [-0.1, -0.05) is 6.07 Å². The Kier molecular flexibility index (Phi) is 3.74. The summed E-state index contributed by atoms with van der Waals surface area (Å²) in [5.41, 5.74) is 2.34. The first-order valence-corrected chi connectivity index (χ1v) is 6.05. The predicted molar refractivity (Wildman–Crippen MR) is 70.4 cm³/mol. The van der Waals surface area contributed by atoms with Crippen LogP contribution in [0.2, 0.25) is 0 Å². The lowest BCUT2D eigenvalue weighted by atomic mass is 10.2. The van der Waals surface area contributed by atoms with Crippen molar-refractivity contribution < 1.29 is 4.39 Å². The van der Waals surface area contributed by atoms with E-state index in [-0.39, 0.29) is 5.82 Å². The zero-order chi connectivity index (χ0) is 12.3. The lowest BCUT2D eigenvalue weighted by Crippen LogP contribution is -2.03. The monoisotopic (exact) mass is 294 g/mol. The van der Waals surface area contributed by atoms with E-state index in [4.69, 9.17) is 0 Å². The third kappa shape index (κ3) is 3.03. The topological polar surface area (TPSA) is 24.9 Å². The van der Waals surface area contributed by atoms with Crippen LogP contribution in [-0.4, -0.2) is 4.98 Å². The van der Waals surface area contributed by atoms with E-state index < -0.39 is 0 Å². The van der Waals surface area contributed by atoms with E-state index in [9.17, 15) is 4.39 Å². The summed E-state index contributed by atoms with van der Waals surface area (Å²) in [5.74, 6) is -0.196. The van der Waals surface area contributed by atoms with Gasteiger partial charge in [0.2, 0.25) is 0 Å². The van der Waals surface area contributed by atoms with Crippen molar-refractivity contribution >= 4 is 21.6 Å². The molecule has 2 rings (SSSR count). The highest BCUT2D eigenvalue weighted by atomic mass is 79.9. The molecule has 0 fully saturated rings. The molecule has 0 radical (unpaired) electrons. The molecule has 0 spiro atoms. The van der Waals surface area contributed by atoms with Gasteiger partial charge in [0.05, 0.1) is 12.2 Å². The van der Waals surface area contributed by atoms with Crippen LogP contribution in [0.25, 0.3) is 0 Å². The molecule has 1 heterocycles. The Morgan fingerprint density at radius 3 is 2.82 bits per heavy atom. The van der Waals surface area contributed by atoms with Crippen LogP contribution in [0, 0.1) is 12.7 Å². The van der Waals surface area contributed by atoms with Gasteiger partial charge in [0, 0.05) is 21.9 Å². The zero-order valence-corrected chi connectivity index (χ0v) is 11.0. The second-order valence-corrected chi connectivity index (χ2v) is 4.65. The van der Waals surface area contributed by atoms with Crippen LogP contribution in [0.5, 0.6) is 0 Å². The minimum atomic E-state index is -0.196. The van der Waals surface area contributed by atoms with E-state index in [0.717, 1.165) is 15.9 Å². The molecule has 0 aliphatic carbocycles. The smallest absolute Gasteiger partial charge is 0.128 e. The van der Waals surface area contributed by atoms with Crippen molar-refractivity contribution in [3.05, 3.63) is 58.1 Å². The Bertz CT molecular complexity index is 511. The van der Waals surface area contributed by atoms with Crippen LogP contribution in [-0.2, 0) is 6.54 Å². The first-order valence-electron chi connectivity index (χ1n) is 5.26. The number of hydrogen-bond donors (Lipinski definition) is 1. The van der Waals surface area contributed by atoms with Crippen molar-refractivity contribution in [2.45, 2.75) is 13.5 Å². The first kappa shape index (κ1) is 12.0. The summed E-state index contributed by atoms with van der Waals surface area (Å²) in [6.45, 7) is 2.34. The van der Waals surface area contributed by atoms with E-state index in [1.165, 1.54) is 6.07 Å². The van der Waals surface area contributed by atoms with Gasteiger partial charge in [-0.3, -0.25) is 4.98 Å². The SMILES string of the molecule is Cc1c(F)cccc1NCc1ccc(Br)cn1. The van der Waals surface area contributed by atoms with Crippen LogP contribution in [0.1, 0.15) is 11.3 Å². The fourth-order valence-electron chi connectivity index (χ4n) is 1.50. The molecule has 17 heavy (non-hydrogen) atoms. The maximum absolute atomic E-state index is 13.3. The van der Waals surface area contributed by atoms with Gasteiger partial charge in [-0.2, -0.15) is 0 Å². The Morgan fingerprint density at radius 1 is 1.29 bits per heavy atom. The average molecular weight is 295 g/mol. The average Bonchev–Trinajstić information content (AvgIpc) is 2.33. The molecule has 0 bridgehead atoms. The quantitative estimate of drug-likeness (QED) is 0.928. The van der Waals surface area contributed by atoms with Crippen LogP contribution in [0.15, 0.2) is 41.0 Å². The number of halogens is 2. The van der Waals surface area contributed by atoms with E-state index in [0.29, 0.717) is 12.1 Å². The summed E-state index contributed by atoms with van der Waals surface area (Å²) in [5, 5.41) is 3.17. The zero-order valence-electron chi connectivity index (χ0n) is 9.37. The summed E-state index contributed by atoms with van der Waals surface area (Å²) >= 11 is 3.33. The Morgan fingerprint density at radius 2 is 2.12 bits per heavy atom. The molecule has 0 saturated heterocycles. The van der Waals surface area contributed by atoms with Crippen LogP contribution in [0.4, 0.5) is 10.1 Å². The number of nitrogens with zero attached hydrogens (tertiary/aromatic N) is 1. The fourth-order valence-corrected chi connectivity index (χ4v) is 1.73. The van der Waals surface area contributed by atoms with Gasteiger partial charge in [-0.25, -0.2) is 4.39 Å². The number of nitrogens with one attached hydrogen (secondary N) is 1. The normalized spacial score (nSPS) is 10.3. The maximum Gasteiger partial charge on any atom is 0.128 e. The van der Waals surface area contributed by atoms with E-state index in [1.54, 1.807) is 19.2 Å². The summed E-state index contributed by atoms with van der Waals surface area (Å²) < 4.78 is 14.2. The predicted octanol–water partition coefficient (Wildman–Crippen LogP) is 3.90. The molecular formula is C13H12BrFN2. The van der Waals surface area contributed by atoms with Gasteiger partial charge in [0.1, 0.15) is 5.82 Å².